The Morgan fingerprint density at radius 3 is 2.65 bits per heavy atom. The Bertz CT molecular complexity index is 429. The molecule has 0 atom stereocenters. The molecule has 2 N–H and O–H groups in total. The second-order valence-electron chi connectivity index (χ2n) is 3.52. The van der Waals surface area contributed by atoms with E-state index in [0.29, 0.717) is 17.9 Å². The molecule has 0 bridgehead atoms. The first-order valence-corrected chi connectivity index (χ1v) is 5.26. The molecule has 0 fully saturated rings. The summed E-state index contributed by atoms with van der Waals surface area (Å²) in [5.41, 5.74) is 1.40. The zero-order valence-corrected chi connectivity index (χ0v) is 9.82. The van der Waals surface area contributed by atoms with Crippen LogP contribution in [-0.2, 0) is 9.53 Å². The van der Waals surface area contributed by atoms with Crippen LogP contribution < -0.4 is 5.32 Å². The van der Waals surface area contributed by atoms with E-state index in [1.54, 1.807) is 26.0 Å². The summed E-state index contributed by atoms with van der Waals surface area (Å²) in [6, 6.07) is 4.64. The van der Waals surface area contributed by atoms with Crippen molar-refractivity contribution in [1.29, 1.82) is 0 Å². The maximum atomic E-state index is 11.3. The lowest BCUT2D eigenvalue weighted by molar-refractivity contribution is -0.120. The van der Waals surface area contributed by atoms with Crippen molar-refractivity contribution in [2.45, 2.75) is 13.8 Å². The number of hydrogen-bond acceptors (Lipinski definition) is 3. The summed E-state index contributed by atoms with van der Waals surface area (Å²) in [6.45, 7) is 3.96. The highest BCUT2D eigenvalue weighted by atomic mass is 16.5. The molecule has 5 nitrogen and oxygen atoms in total. The van der Waals surface area contributed by atoms with Gasteiger partial charge in [-0.05, 0) is 37.6 Å². The number of ether oxygens (including phenoxy) is 1. The van der Waals surface area contributed by atoms with Gasteiger partial charge in [0.15, 0.2) is 0 Å². The van der Waals surface area contributed by atoms with E-state index in [2.05, 4.69) is 5.32 Å². The van der Waals surface area contributed by atoms with Crippen molar-refractivity contribution in [1.82, 2.24) is 0 Å². The van der Waals surface area contributed by atoms with Crippen molar-refractivity contribution in [3.8, 4) is 0 Å². The van der Waals surface area contributed by atoms with Crippen molar-refractivity contribution >= 4 is 17.6 Å². The Hall–Kier alpha value is -1.88. The molecule has 0 spiro atoms. The highest BCUT2D eigenvalue weighted by Gasteiger charge is 2.08. The smallest absolute Gasteiger partial charge is 0.335 e. The quantitative estimate of drug-likeness (QED) is 0.816. The number of anilines is 1. The Kier molecular flexibility index (Phi) is 4.66. The van der Waals surface area contributed by atoms with Crippen molar-refractivity contribution in [3.63, 3.8) is 0 Å². The van der Waals surface area contributed by atoms with Gasteiger partial charge in [-0.1, -0.05) is 0 Å². The molecule has 92 valence electrons. The number of rotatable bonds is 5. The molecule has 0 aromatic heterocycles. The normalized spacial score (nSPS) is 10.0. The van der Waals surface area contributed by atoms with E-state index < -0.39 is 5.97 Å². The van der Waals surface area contributed by atoms with Gasteiger partial charge in [0.2, 0.25) is 5.91 Å². The predicted molar refractivity (Wildman–Crippen MR) is 63.3 cm³/mol. The second-order valence-corrected chi connectivity index (χ2v) is 3.52. The Morgan fingerprint density at radius 2 is 2.12 bits per heavy atom. The van der Waals surface area contributed by atoms with Crippen LogP contribution in [-0.4, -0.2) is 30.2 Å². The zero-order valence-electron chi connectivity index (χ0n) is 9.82. The lowest BCUT2D eigenvalue weighted by Crippen LogP contribution is -2.18. The highest BCUT2D eigenvalue weighted by Crippen LogP contribution is 2.15. The van der Waals surface area contributed by atoms with Crippen LogP contribution >= 0.6 is 0 Å². The van der Waals surface area contributed by atoms with E-state index in [1.165, 1.54) is 6.07 Å². The minimum Gasteiger partial charge on any atom is -0.478 e. The number of carbonyl (C=O) groups excluding carboxylic acids is 1. The van der Waals surface area contributed by atoms with Crippen LogP contribution in [0.25, 0.3) is 0 Å². The molecule has 0 aliphatic carbocycles. The molecule has 1 rings (SSSR count). The number of aromatic carboxylic acids is 1. The molecule has 0 aliphatic rings. The Labute approximate surface area is 99.4 Å². The molecule has 1 amide bonds. The maximum Gasteiger partial charge on any atom is 0.335 e. The molecule has 1 aromatic carbocycles. The molecule has 0 radical (unpaired) electrons. The summed E-state index contributed by atoms with van der Waals surface area (Å²) in [5.74, 6) is -1.23. The molecule has 0 saturated heterocycles. The average molecular weight is 237 g/mol. The topological polar surface area (TPSA) is 75.6 Å². The van der Waals surface area contributed by atoms with E-state index >= 15 is 0 Å². The minimum atomic E-state index is -0.977. The SMILES string of the molecule is CCOCC(=O)Nc1ccc(C(=O)O)c(C)c1. The van der Waals surface area contributed by atoms with E-state index in [4.69, 9.17) is 9.84 Å². The summed E-state index contributed by atoms with van der Waals surface area (Å²) in [6.07, 6.45) is 0. The maximum absolute atomic E-state index is 11.3. The number of carboxylic acids is 1. The molecule has 17 heavy (non-hydrogen) atoms. The van der Waals surface area contributed by atoms with E-state index in [9.17, 15) is 9.59 Å². The molecule has 1 aromatic rings. The molecular formula is C12H15NO4. The largest absolute Gasteiger partial charge is 0.478 e. The predicted octanol–water partition coefficient (Wildman–Crippen LogP) is 1.67. The van der Waals surface area contributed by atoms with Crippen molar-refractivity contribution in [3.05, 3.63) is 29.3 Å². The van der Waals surface area contributed by atoms with E-state index in [1.807, 2.05) is 0 Å². The van der Waals surface area contributed by atoms with Crippen molar-refractivity contribution < 1.29 is 19.4 Å². The Balaban J connectivity index is 2.70. The molecule has 0 aliphatic heterocycles. The first-order valence-electron chi connectivity index (χ1n) is 5.26. The van der Waals surface area contributed by atoms with Gasteiger partial charge in [-0.15, -0.1) is 0 Å². The second kappa shape index (κ2) is 6.00. The third-order valence-corrected chi connectivity index (χ3v) is 2.18. The average Bonchev–Trinajstić information content (AvgIpc) is 2.26. The van der Waals surface area contributed by atoms with Gasteiger partial charge in [0.25, 0.3) is 0 Å². The number of carbonyl (C=O) groups is 2. The van der Waals surface area contributed by atoms with Crippen LogP contribution in [0.2, 0.25) is 0 Å². The van der Waals surface area contributed by atoms with Crippen LogP contribution in [0.5, 0.6) is 0 Å². The molecule has 0 heterocycles. The highest BCUT2D eigenvalue weighted by molar-refractivity contribution is 5.94. The lowest BCUT2D eigenvalue weighted by atomic mass is 10.1. The van der Waals surface area contributed by atoms with Crippen LogP contribution in [0.3, 0.4) is 0 Å². The number of carboxylic acid groups (broad SMARTS) is 1. The number of aryl methyl sites for hydroxylation is 1. The number of amides is 1. The summed E-state index contributed by atoms with van der Waals surface area (Å²) in [4.78, 5) is 22.1. The third kappa shape index (κ3) is 3.88. The molecule has 0 saturated carbocycles. The number of nitrogens with one attached hydrogen (secondary N) is 1. The fourth-order valence-corrected chi connectivity index (χ4v) is 1.37. The first kappa shape index (κ1) is 13.2. The van der Waals surface area contributed by atoms with Gasteiger partial charge in [0.05, 0.1) is 5.56 Å². The summed E-state index contributed by atoms with van der Waals surface area (Å²) >= 11 is 0. The Morgan fingerprint density at radius 1 is 1.41 bits per heavy atom. The number of benzene rings is 1. The molecule has 5 heteroatoms. The zero-order chi connectivity index (χ0) is 12.8. The third-order valence-electron chi connectivity index (χ3n) is 2.18. The first-order chi connectivity index (χ1) is 8.04. The fraction of sp³-hybridized carbons (Fsp3) is 0.333. The minimum absolute atomic E-state index is 0.00374. The van der Waals surface area contributed by atoms with Gasteiger partial charge in [0.1, 0.15) is 6.61 Å². The van der Waals surface area contributed by atoms with Gasteiger partial charge >= 0.3 is 5.97 Å². The van der Waals surface area contributed by atoms with Crippen molar-refractivity contribution in [2.24, 2.45) is 0 Å². The number of hydrogen-bond donors (Lipinski definition) is 2. The lowest BCUT2D eigenvalue weighted by Gasteiger charge is -2.07. The van der Waals surface area contributed by atoms with Gasteiger partial charge in [-0.25, -0.2) is 4.79 Å². The summed E-state index contributed by atoms with van der Waals surface area (Å²) < 4.78 is 4.95. The van der Waals surface area contributed by atoms with Crippen molar-refractivity contribution in [2.75, 3.05) is 18.5 Å². The van der Waals surface area contributed by atoms with E-state index in [0.717, 1.165) is 0 Å². The van der Waals surface area contributed by atoms with Crippen LogP contribution in [0.4, 0.5) is 5.69 Å². The molecule has 0 unspecified atom stereocenters. The van der Waals surface area contributed by atoms with Gasteiger partial charge < -0.3 is 15.2 Å². The van der Waals surface area contributed by atoms with Crippen LogP contribution in [0.15, 0.2) is 18.2 Å². The summed E-state index contributed by atoms with van der Waals surface area (Å²) in [7, 11) is 0. The van der Waals surface area contributed by atoms with Gasteiger partial charge in [0, 0.05) is 12.3 Å². The van der Waals surface area contributed by atoms with Crippen LogP contribution in [0.1, 0.15) is 22.8 Å². The summed E-state index contributed by atoms with van der Waals surface area (Å²) in [5, 5.41) is 11.5. The standard InChI is InChI=1S/C12H15NO4/c1-3-17-7-11(14)13-9-4-5-10(12(15)16)8(2)6-9/h4-6H,3,7H2,1-2H3,(H,13,14)(H,15,16). The van der Waals surface area contributed by atoms with Gasteiger partial charge in [-0.2, -0.15) is 0 Å². The van der Waals surface area contributed by atoms with Crippen LogP contribution in [0, 0.1) is 6.92 Å². The van der Waals surface area contributed by atoms with E-state index in [-0.39, 0.29) is 18.1 Å². The fourth-order valence-electron chi connectivity index (χ4n) is 1.37. The molecular weight excluding hydrogens is 222 g/mol. The monoisotopic (exact) mass is 237 g/mol. The van der Waals surface area contributed by atoms with Gasteiger partial charge in [-0.3, -0.25) is 4.79 Å².